The minimum absolute atomic E-state index is 0.127. The van der Waals surface area contributed by atoms with E-state index in [0.717, 1.165) is 23.7 Å². The molecular formula is C15H15N3O. The topological polar surface area (TPSA) is 49.0 Å². The highest BCUT2D eigenvalue weighted by Crippen LogP contribution is 2.26. The largest absolute Gasteiger partial charge is 0.341 e. The molecule has 0 unspecified atom stereocenters. The van der Waals surface area contributed by atoms with Gasteiger partial charge in [-0.3, -0.25) is 4.79 Å². The molecule has 96 valence electrons. The molecular weight excluding hydrogens is 238 g/mol. The first-order valence-electron chi connectivity index (χ1n) is 6.43. The van der Waals surface area contributed by atoms with E-state index >= 15 is 0 Å². The second-order valence-electron chi connectivity index (χ2n) is 5.06. The minimum Gasteiger partial charge on any atom is -0.341 e. The zero-order valence-corrected chi connectivity index (χ0v) is 10.8. The Morgan fingerprint density at radius 1 is 1.47 bits per heavy atom. The number of nitrogens with zero attached hydrogens (tertiary/aromatic N) is 3. The van der Waals surface area contributed by atoms with Crippen molar-refractivity contribution < 1.29 is 4.79 Å². The Labute approximate surface area is 111 Å². The van der Waals surface area contributed by atoms with Gasteiger partial charge in [0.15, 0.2) is 0 Å². The van der Waals surface area contributed by atoms with Crippen molar-refractivity contribution in [1.29, 1.82) is 5.26 Å². The summed E-state index contributed by atoms with van der Waals surface area (Å²) in [6, 6.07) is 10.1. The number of rotatable bonds is 3. The van der Waals surface area contributed by atoms with Gasteiger partial charge in [-0.15, -0.1) is 0 Å². The molecule has 1 heterocycles. The van der Waals surface area contributed by atoms with Crippen LogP contribution < -0.4 is 0 Å². The third kappa shape index (κ3) is 2.19. The molecule has 0 saturated heterocycles. The highest BCUT2D eigenvalue weighted by Gasteiger charge is 2.29. The molecule has 4 nitrogen and oxygen atoms in total. The van der Waals surface area contributed by atoms with Crippen molar-refractivity contribution in [3.8, 4) is 6.07 Å². The molecule has 0 bridgehead atoms. The Morgan fingerprint density at radius 3 is 2.95 bits per heavy atom. The lowest BCUT2D eigenvalue weighted by Gasteiger charge is -2.17. The molecule has 1 aliphatic rings. The van der Waals surface area contributed by atoms with Crippen LogP contribution in [0.5, 0.6) is 0 Å². The van der Waals surface area contributed by atoms with Gasteiger partial charge in [-0.1, -0.05) is 6.07 Å². The number of carbonyl (C=O) groups is 1. The number of hydrogen-bond acceptors (Lipinski definition) is 2. The average molecular weight is 253 g/mol. The monoisotopic (exact) mass is 253 g/mol. The maximum atomic E-state index is 12.1. The summed E-state index contributed by atoms with van der Waals surface area (Å²) in [5, 5.41) is 10.00. The molecule has 0 spiro atoms. The van der Waals surface area contributed by atoms with Crippen LogP contribution >= 0.6 is 0 Å². The first kappa shape index (κ1) is 11.8. The van der Waals surface area contributed by atoms with Crippen molar-refractivity contribution in [2.75, 3.05) is 7.05 Å². The highest BCUT2D eigenvalue weighted by molar-refractivity contribution is 5.84. The van der Waals surface area contributed by atoms with Gasteiger partial charge in [-0.2, -0.15) is 5.26 Å². The van der Waals surface area contributed by atoms with Crippen LogP contribution in [0.25, 0.3) is 10.9 Å². The molecule has 0 atom stereocenters. The van der Waals surface area contributed by atoms with Crippen LogP contribution in [0.2, 0.25) is 0 Å². The highest BCUT2D eigenvalue weighted by atomic mass is 16.2. The third-order valence-electron chi connectivity index (χ3n) is 3.70. The summed E-state index contributed by atoms with van der Waals surface area (Å²) in [5.41, 5.74) is 1.56. The number of hydrogen-bond donors (Lipinski definition) is 0. The van der Waals surface area contributed by atoms with Crippen molar-refractivity contribution in [3.05, 3.63) is 36.0 Å². The molecule has 3 rings (SSSR count). The fraction of sp³-hybridized carbons (Fsp3) is 0.333. The quantitative estimate of drug-likeness (QED) is 0.841. The molecule has 1 amide bonds. The Morgan fingerprint density at radius 2 is 2.26 bits per heavy atom. The summed E-state index contributed by atoms with van der Waals surface area (Å²) < 4.78 is 1.91. The van der Waals surface area contributed by atoms with Crippen LogP contribution in [0.1, 0.15) is 18.4 Å². The van der Waals surface area contributed by atoms with Crippen molar-refractivity contribution in [2.45, 2.75) is 25.4 Å². The van der Waals surface area contributed by atoms with Crippen LogP contribution in [0, 0.1) is 11.3 Å². The molecule has 1 aromatic carbocycles. The Balaban J connectivity index is 1.88. The van der Waals surface area contributed by atoms with Crippen molar-refractivity contribution in [2.24, 2.45) is 0 Å². The molecule has 1 aliphatic carbocycles. The van der Waals surface area contributed by atoms with E-state index in [-0.39, 0.29) is 5.91 Å². The number of fused-ring (bicyclic) bond motifs is 1. The van der Waals surface area contributed by atoms with Crippen molar-refractivity contribution >= 4 is 16.8 Å². The lowest BCUT2D eigenvalue weighted by molar-refractivity contribution is -0.130. The summed E-state index contributed by atoms with van der Waals surface area (Å²) in [7, 11) is 1.87. The first-order chi connectivity index (χ1) is 9.19. The summed E-state index contributed by atoms with van der Waals surface area (Å²) in [4.78, 5) is 14.0. The van der Waals surface area contributed by atoms with Crippen LogP contribution in [0.3, 0.4) is 0 Å². The number of aromatic nitrogens is 1. The Bertz CT molecular complexity index is 676. The second kappa shape index (κ2) is 4.43. The van der Waals surface area contributed by atoms with Gasteiger partial charge < -0.3 is 9.47 Å². The van der Waals surface area contributed by atoms with E-state index in [1.54, 1.807) is 6.07 Å². The van der Waals surface area contributed by atoms with Gasteiger partial charge in [0.2, 0.25) is 5.91 Å². The van der Waals surface area contributed by atoms with Gasteiger partial charge in [0.25, 0.3) is 0 Å². The van der Waals surface area contributed by atoms with Gasteiger partial charge in [0, 0.05) is 24.8 Å². The van der Waals surface area contributed by atoms with E-state index in [2.05, 4.69) is 6.07 Å². The molecule has 1 saturated carbocycles. The van der Waals surface area contributed by atoms with E-state index in [1.807, 2.05) is 40.9 Å². The van der Waals surface area contributed by atoms with Crippen LogP contribution in [0.4, 0.5) is 0 Å². The number of carbonyl (C=O) groups excluding carboxylic acids is 1. The number of nitriles is 1. The summed E-state index contributed by atoms with van der Waals surface area (Å²) in [5.74, 6) is 0.127. The summed E-state index contributed by atoms with van der Waals surface area (Å²) in [6.07, 6.45) is 4.14. The molecule has 0 radical (unpaired) electrons. The summed E-state index contributed by atoms with van der Waals surface area (Å²) in [6.45, 7) is 0.339. The zero-order chi connectivity index (χ0) is 13.4. The smallest absolute Gasteiger partial charge is 0.242 e. The van der Waals surface area contributed by atoms with Gasteiger partial charge in [0.1, 0.15) is 6.54 Å². The normalized spacial score (nSPS) is 14.3. The SMILES string of the molecule is CN(C(=O)Cn1ccc2ccc(C#N)cc21)C1CC1. The Hall–Kier alpha value is -2.28. The fourth-order valence-corrected chi connectivity index (χ4v) is 2.31. The maximum absolute atomic E-state index is 12.1. The minimum atomic E-state index is 0.127. The Kier molecular flexibility index (Phi) is 2.75. The van der Waals surface area contributed by atoms with E-state index in [9.17, 15) is 4.79 Å². The lowest BCUT2D eigenvalue weighted by atomic mass is 10.2. The van der Waals surface area contributed by atoms with Crippen LogP contribution in [-0.2, 0) is 11.3 Å². The van der Waals surface area contributed by atoms with E-state index < -0.39 is 0 Å². The maximum Gasteiger partial charge on any atom is 0.242 e. The number of benzene rings is 1. The fourth-order valence-electron chi connectivity index (χ4n) is 2.31. The van der Waals surface area contributed by atoms with Crippen molar-refractivity contribution in [3.63, 3.8) is 0 Å². The molecule has 19 heavy (non-hydrogen) atoms. The van der Waals surface area contributed by atoms with Gasteiger partial charge in [-0.05, 0) is 36.4 Å². The molecule has 0 aliphatic heterocycles. The second-order valence-corrected chi connectivity index (χ2v) is 5.06. The van der Waals surface area contributed by atoms with E-state index in [1.165, 1.54) is 0 Å². The predicted molar refractivity (Wildman–Crippen MR) is 72.4 cm³/mol. The lowest BCUT2D eigenvalue weighted by Crippen LogP contribution is -2.31. The third-order valence-corrected chi connectivity index (χ3v) is 3.70. The molecule has 1 aromatic heterocycles. The average Bonchev–Trinajstić information content (AvgIpc) is 3.21. The van der Waals surface area contributed by atoms with Crippen LogP contribution in [-0.4, -0.2) is 28.5 Å². The number of amides is 1. The summed E-state index contributed by atoms with van der Waals surface area (Å²) >= 11 is 0. The molecule has 4 heteroatoms. The molecule has 0 N–H and O–H groups in total. The van der Waals surface area contributed by atoms with Gasteiger partial charge >= 0.3 is 0 Å². The molecule has 2 aromatic rings. The van der Waals surface area contributed by atoms with Crippen molar-refractivity contribution in [1.82, 2.24) is 9.47 Å². The number of likely N-dealkylation sites (N-methyl/N-ethyl adjacent to an activating group) is 1. The standard InChI is InChI=1S/C15H15N3O/c1-17(13-4-5-13)15(19)10-18-7-6-12-3-2-11(9-16)8-14(12)18/h2-3,6-8,13H,4-5,10H2,1H3. The zero-order valence-electron chi connectivity index (χ0n) is 10.8. The van der Waals surface area contributed by atoms with Crippen LogP contribution in [0.15, 0.2) is 30.5 Å². The van der Waals surface area contributed by atoms with E-state index in [4.69, 9.17) is 5.26 Å². The van der Waals surface area contributed by atoms with Gasteiger partial charge in [-0.25, -0.2) is 0 Å². The molecule has 1 fully saturated rings. The van der Waals surface area contributed by atoms with Gasteiger partial charge in [0.05, 0.1) is 11.6 Å². The predicted octanol–water partition coefficient (Wildman–Crippen LogP) is 2.13. The van der Waals surface area contributed by atoms with E-state index in [0.29, 0.717) is 18.2 Å². The first-order valence-corrected chi connectivity index (χ1v) is 6.43.